The quantitative estimate of drug-likeness (QED) is 0.281. The molecule has 0 heterocycles. The van der Waals surface area contributed by atoms with E-state index in [0.29, 0.717) is 37.5 Å². The topological polar surface area (TPSA) is 63.6 Å². The predicted molar refractivity (Wildman–Crippen MR) is 117 cm³/mol. The van der Waals surface area contributed by atoms with Crippen LogP contribution >= 0.6 is 0 Å². The Kier molecular flexibility index (Phi) is 7.32. The highest BCUT2D eigenvalue weighted by Gasteiger charge is 2.71. The molecule has 4 bridgehead atoms. The SMILES string of the molecule is CCC(CCC1C2CC(CC(O)(C(F)(F)F)C(F)(F)F)C(C2)C1C)S(=O)(=O)OC1CC2CCC1C2. The standard InChI is InChI=1S/C24H36F6O4S/c1-3-18(35(32,33)34-21-9-14-4-5-15(21)8-14)6-7-19-13(2)20-11-16(19)10-17(20)12-22(31,23(25,26)27)24(28,29)30/h13-21,31H,3-12H2,1-2H3. The summed E-state index contributed by atoms with van der Waals surface area (Å²) >= 11 is 0. The maximum Gasteiger partial charge on any atom is 0.426 e. The van der Waals surface area contributed by atoms with E-state index in [0.717, 1.165) is 25.7 Å². The maximum absolute atomic E-state index is 13.2. The molecule has 0 aromatic rings. The molecule has 4 fully saturated rings. The van der Waals surface area contributed by atoms with Gasteiger partial charge in [-0.05, 0) is 106 Å². The summed E-state index contributed by atoms with van der Waals surface area (Å²) in [6, 6.07) is 0. The molecule has 0 saturated heterocycles. The Hall–Kier alpha value is -0.550. The van der Waals surface area contributed by atoms with Crippen molar-refractivity contribution in [1.29, 1.82) is 0 Å². The molecular formula is C24H36F6O4S. The highest BCUT2D eigenvalue weighted by Crippen LogP contribution is 2.60. The monoisotopic (exact) mass is 534 g/mol. The predicted octanol–water partition coefficient (Wildman–Crippen LogP) is 6.23. The van der Waals surface area contributed by atoms with Crippen molar-refractivity contribution in [3.8, 4) is 0 Å². The molecule has 1 N–H and O–H groups in total. The minimum absolute atomic E-state index is 0.0489. The van der Waals surface area contributed by atoms with E-state index in [1.54, 1.807) is 6.92 Å². The zero-order valence-corrected chi connectivity index (χ0v) is 20.9. The summed E-state index contributed by atoms with van der Waals surface area (Å²) in [5.74, 6) is -0.492. The van der Waals surface area contributed by atoms with E-state index in [4.69, 9.17) is 4.18 Å². The first-order chi connectivity index (χ1) is 16.1. The molecule has 11 heteroatoms. The molecule has 0 aromatic heterocycles. The van der Waals surface area contributed by atoms with Crippen LogP contribution in [0.1, 0.15) is 78.1 Å². The van der Waals surface area contributed by atoms with Crippen molar-refractivity contribution in [1.82, 2.24) is 0 Å². The van der Waals surface area contributed by atoms with E-state index in [1.165, 1.54) is 0 Å². The van der Waals surface area contributed by atoms with Crippen LogP contribution in [0.2, 0.25) is 0 Å². The summed E-state index contributed by atoms with van der Waals surface area (Å²) in [5.41, 5.74) is -4.71. The van der Waals surface area contributed by atoms with Gasteiger partial charge in [0.1, 0.15) is 0 Å². The highest BCUT2D eigenvalue weighted by atomic mass is 32.2. The van der Waals surface area contributed by atoms with Crippen LogP contribution in [-0.4, -0.2) is 42.8 Å². The van der Waals surface area contributed by atoms with Gasteiger partial charge in [0.2, 0.25) is 0 Å². The van der Waals surface area contributed by atoms with Crippen LogP contribution in [0.3, 0.4) is 0 Å². The molecule has 9 unspecified atom stereocenters. The maximum atomic E-state index is 13.2. The summed E-state index contributed by atoms with van der Waals surface area (Å²) in [5, 5.41) is 8.99. The first kappa shape index (κ1) is 27.5. The van der Waals surface area contributed by atoms with Crippen molar-refractivity contribution in [2.75, 3.05) is 0 Å². The Morgan fingerprint density at radius 3 is 2.11 bits per heavy atom. The second-order valence-electron chi connectivity index (χ2n) is 11.6. The van der Waals surface area contributed by atoms with Gasteiger partial charge < -0.3 is 5.11 Å². The summed E-state index contributed by atoms with van der Waals surface area (Å²) < 4.78 is 111. The highest BCUT2D eigenvalue weighted by molar-refractivity contribution is 7.87. The minimum Gasteiger partial charge on any atom is -0.374 e. The lowest BCUT2D eigenvalue weighted by Crippen LogP contribution is -2.58. The first-order valence-corrected chi connectivity index (χ1v) is 14.3. The number of rotatable bonds is 9. The van der Waals surface area contributed by atoms with E-state index in [-0.39, 0.29) is 36.2 Å². The fraction of sp³-hybridized carbons (Fsp3) is 1.00. The third-order valence-electron chi connectivity index (χ3n) is 9.85. The van der Waals surface area contributed by atoms with Crippen LogP contribution in [0, 0.1) is 41.4 Å². The molecule has 35 heavy (non-hydrogen) atoms. The van der Waals surface area contributed by atoms with Crippen LogP contribution in [0.5, 0.6) is 0 Å². The lowest BCUT2D eigenvalue weighted by molar-refractivity contribution is -0.373. The Morgan fingerprint density at radius 1 is 0.971 bits per heavy atom. The third-order valence-corrected chi connectivity index (χ3v) is 11.8. The van der Waals surface area contributed by atoms with Crippen LogP contribution in [-0.2, 0) is 14.3 Å². The molecule has 0 amide bonds. The fourth-order valence-electron chi connectivity index (χ4n) is 7.93. The molecular weight excluding hydrogens is 498 g/mol. The molecule has 0 radical (unpaired) electrons. The zero-order valence-electron chi connectivity index (χ0n) is 20.1. The number of hydrogen-bond donors (Lipinski definition) is 1. The Morgan fingerprint density at radius 2 is 1.63 bits per heavy atom. The molecule has 0 aliphatic heterocycles. The minimum atomic E-state index is -5.79. The largest absolute Gasteiger partial charge is 0.426 e. The van der Waals surface area contributed by atoms with Gasteiger partial charge in [-0.1, -0.05) is 13.8 Å². The summed E-state index contributed by atoms with van der Waals surface area (Å²) in [7, 11) is -3.75. The lowest BCUT2D eigenvalue weighted by atomic mass is 9.70. The van der Waals surface area contributed by atoms with E-state index >= 15 is 0 Å². The second-order valence-corrected chi connectivity index (χ2v) is 13.5. The second kappa shape index (κ2) is 9.33. The average molecular weight is 535 g/mol. The molecule has 4 aliphatic rings. The van der Waals surface area contributed by atoms with Gasteiger partial charge in [-0.2, -0.15) is 34.8 Å². The molecule has 4 aliphatic carbocycles. The lowest BCUT2D eigenvalue weighted by Gasteiger charge is -2.40. The van der Waals surface area contributed by atoms with Crippen LogP contribution in [0.15, 0.2) is 0 Å². The Labute approximate surface area is 203 Å². The van der Waals surface area contributed by atoms with Crippen molar-refractivity contribution >= 4 is 10.1 Å². The molecule has 9 atom stereocenters. The molecule has 4 nitrogen and oxygen atoms in total. The molecule has 0 spiro atoms. The van der Waals surface area contributed by atoms with E-state index < -0.39 is 45.7 Å². The fourth-order valence-corrected chi connectivity index (χ4v) is 9.50. The zero-order chi connectivity index (χ0) is 26.0. The Balaban J connectivity index is 1.35. The summed E-state index contributed by atoms with van der Waals surface area (Å²) in [6.45, 7) is 3.63. The van der Waals surface area contributed by atoms with E-state index in [1.807, 2.05) is 6.92 Å². The number of halogens is 6. The molecule has 204 valence electrons. The number of hydrogen-bond acceptors (Lipinski definition) is 4. The van der Waals surface area contributed by atoms with E-state index in [9.17, 15) is 39.9 Å². The van der Waals surface area contributed by atoms with Gasteiger partial charge in [0, 0.05) is 0 Å². The van der Waals surface area contributed by atoms with Crippen molar-refractivity contribution < 1.29 is 44.0 Å². The number of aliphatic hydroxyl groups is 1. The molecule has 4 rings (SSSR count). The number of alkyl halides is 6. The van der Waals surface area contributed by atoms with Gasteiger partial charge in [0.05, 0.1) is 11.4 Å². The molecule has 4 saturated carbocycles. The van der Waals surface area contributed by atoms with Gasteiger partial charge in [-0.15, -0.1) is 0 Å². The van der Waals surface area contributed by atoms with Crippen molar-refractivity contribution in [3.05, 3.63) is 0 Å². The van der Waals surface area contributed by atoms with Crippen molar-refractivity contribution in [3.63, 3.8) is 0 Å². The number of fused-ring (bicyclic) bond motifs is 4. The van der Waals surface area contributed by atoms with Crippen LogP contribution in [0.25, 0.3) is 0 Å². The first-order valence-electron chi connectivity index (χ1n) is 12.8. The van der Waals surface area contributed by atoms with Crippen molar-refractivity contribution in [2.45, 2.75) is 107 Å². The van der Waals surface area contributed by atoms with Crippen molar-refractivity contribution in [2.24, 2.45) is 41.4 Å². The van der Waals surface area contributed by atoms with Gasteiger partial charge in [0.25, 0.3) is 15.7 Å². The van der Waals surface area contributed by atoms with Crippen LogP contribution < -0.4 is 0 Å². The normalized spacial score (nSPS) is 38.4. The van der Waals surface area contributed by atoms with E-state index in [2.05, 4.69) is 0 Å². The van der Waals surface area contributed by atoms with Gasteiger partial charge in [-0.3, -0.25) is 4.18 Å². The molecule has 0 aromatic carbocycles. The van der Waals surface area contributed by atoms with Gasteiger partial charge >= 0.3 is 12.4 Å². The average Bonchev–Trinajstić information content (AvgIpc) is 3.48. The summed E-state index contributed by atoms with van der Waals surface area (Å²) in [4.78, 5) is 0. The van der Waals surface area contributed by atoms with Crippen LogP contribution in [0.4, 0.5) is 26.3 Å². The summed E-state index contributed by atoms with van der Waals surface area (Å²) in [6.07, 6.45) is -7.22. The Bertz CT molecular complexity index is 856. The smallest absolute Gasteiger partial charge is 0.374 e. The van der Waals surface area contributed by atoms with Gasteiger partial charge in [0.15, 0.2) is 0 Å². The third kappa shape index (κ3) is 4.99. The van der Waals surface area contributed by atoms with Gasteiger partial charge in [-0.25, -0.2) is 0 Å².